The number of aliphatic hydroxyl groups excluding tert-OH is 1. The second kappa shape index (κ2) is 8.03. The second-order valence-electron chi connectivity index (χ2n) is 10.9. The molecule has 6 nitrogen and oxygen atoms in total. The van der Waals surface area contributed by atoms with Crippen LogP contribution in [0.2, 0.25) is 0 Å². The molecule has 4 fully saturated rings. The van der Waals surface area contributed by atoms with Crippen LogP contribution in [0.5, 0.6) is 0 Å². The number of alkyl halides is 4. The molecule has 2 saturated heterocycles. The van der Waals surface area contributed by atoms with E-state index in [0.29, 0.717) is 18.8 Å². The molecular formula is C21H35F4N3O3S. The van der Waals surface area contributed by atoms with Gasteiger partial charge >= 0.3 is 6.18 Å². The average Bonchev–Trinajstić information content (AvgIpc) is 3.01. The molecule has 2 heterocycles. The van der Waals surface area contributed by atoms with Crippen LogP contribution in [0.4, 0.5) is 17.6 Å². The van der Waals surface area contributed by atoms with Crippen molar-refractivity contribution in [2.75, 3.05) is 31.9 Å². The number of fused-ring (bicyclic) bond motifs is 2. The monoisotopic (exact) mass is 485 g/mol. The number of nitrogens with zero attached hydrogens (tertiary/aromatic N) is 2. The molecule has 7 atom stereocenters. The van der Waals surface area contributed by atoms with E-state index in [-0.39, 0.29) is 43.4 Å². The predicted molar refractivity (Wildman–Crippen MR) is 112 cm³/mol. The van der Waals surface area contributed by atoms with Gasteiger partial charge in [0, 0.05) is 37.6 Å². The molecule has 4 rings (SSSR count). The van der Waals surface area contributed by atoms with Gasteiger partial charge in [0.2, 0.25) is 10.0 Å². The second-order valence-corrected chi connectivity index (χ2v) is 12.9. The molecule has 0 radical (unpaired) electrons. The maximum Gasteiger partial charge on any atom is 0.393 e. The van der Waals surface area contributed by atoms with Crippen molar-refractivity contribution < 1.29 is 31.1 Å². The van der Waals surface area contributed by atoms with Gasteiger partial charge in [0.25, 0.3) is 0 Å². The highest BCUT2D eigenvalue weighted by atomic mass is 32.2. The Labute approximate surface area is 187 Å². The van der Waals surface area contributed by atoms with Crippen LogP contribution in [-0.2, 0) is 10.0 Å². The number of piperidine rings is 1. The molecule has 6 unspecified atom stereocenters. The first-order valence-corrected chi connectivity index (χ1v) is 13.2. The van der Waals surface area contributed by atoms with Crippen molar-refractivity contribution in [3.63, 3.8) is 0 Å². The molecule has 4 aliphatic rings. The number of hydrogen-bond acceptors (Lipinski definition) is 5. The smallest absolute Gasteiger partial charge is 0.392 e. The van der Waals surface area contributed by atoms with Crippen LogP contribution in [0.15, 0.2) is 0 Å². The van der Waals surface area contributed by atoms with Crippen LogP contribution >= 0.6 is 0 Å². The van der Waals surface area contributed by atoms with E-state index in [1.54, 1.807) is 11.8 Å². The van der Waals surface area contributed by atoms with E-state index in [1.165, 1.54) is 4.31 Å². The molecule has 2 N–H and O–H groups in total. The van der Waals surface area contributed by atoms with Crippen molar-refractivity contribution in [1.82, 2.24) is 14.5 Å². The molecule has 0 aromatic heterocycles. The Hall–Kier alpha value is -0.490. The Bertz CT molecular complexity index is 824. The van der Waals surface area contributed by atoms with Gasteiger partial charge in [-0.1, -0.05) is 13.8 Å². The number of aliphatic hydroxyl groups is 1. The number of sulfonamides is 1. The molecule has 186 valence electrons. The fourth-order valence-corrected chi connectivity index (χ4v) is 9.19. The zero-order valence-electron chi connectivity index (χ0n) is 18.9. The Morgan fingerprint density at radius 2 is 1.88 bits per heavy atom. The molecule has 2 aliphatic carbocycles. The summed E-state index contributed by atoms with van der Waals surface area (Å²) in [5, 5.41) is 13.4. The summed E-state index contributed by atoms with van der Waals surface area (Å²) in [5.41, 5.74) is -0.909. The minimum Gasteiger partial charge on any atom is -0.392 e. The van der Waals surface area contributed by atoms with E-state index in [4.69, 9.17) is 0 Å². The van der Waals surface area contributed by atoms with Crippen LogP contribution in [0.3, 0.4) is 0 Å². The van der Waals surface area contributed by atoms with Crippen LogP contribution < -0.4 is 5.32 Å². The normalized spacial score (nSPS) is 43.6. The van der Waals surface area contributed by atoms with Crippen LogP contribution in [0.1, 0.15) is 46.5 Å². The summed E-state index contributed by atoms with van der Waals surface area (Å²) in [6, 6.07) is -0.341. The fourth-order valence-electron chi connectivity index (χ4n) is 6.85. The molecular weight excluding hydrogens is 450 g/mol. The van der Waals surface area contributed by atoms with Crippen molar-refractivity contribution in [3.8, 4) is 0 Å². The summed E-state index contributed by atoms with van der Waals surface area (Å²) >= 11 is 0. The van der Waals surface area contributed by atoms with E-state index in [9.17, 15) is 31.1 Å². The number of nitrogens with one attached hydrogen (secondary N) is 1. The topological polar surface area (TPSA) is 72.9 Å². The number of rotatable bonds is 4. The lowest BCUT2D eigenvalue weighted by molar-refractivity contribution is -0.189. The lowest BCUT2D eigenvalue weighted by Gasteiger charge is -2.48. The molecule has 0 aromatic carbocycles. The van der Waals surface area contributed by atoms with Gasteiger partial charge in [-0.25, -0.2) is 12.8 Å². The van der Waals surface area contributed by atoms with Crippen LogP contribution in [0, 0.1) is 22.7 Å². The molecule has 0 spiro atoms. The average molecular weight is 486 g/mol. The lowest BCUT2D eigenvalue weighted by Crippen LogP contribution is -2.65. The first kappa shape index (κ1) is 24.6. The third-order valence-corrected chi connectivity index (χ3v) is 11.1. The molecule has 2 bridgehead atoms. The molecule has 0 amide bonds. The van der Waals surface area contributed by atoms with E-state index in [0.717, 1.165) is 6.42 Å². The Morgan fingerprint density at radius 1 is 1.19 bits per heavy atom. The third-order valence-electron chi connectivity index (χ3n) is 9.11. The van der Waals surface area contributed by atoms with Gasteiger partial charge in [0.15, 0.2) is 0 Å². The summed E-state index contributed by atoms with van der Waals surface area (Å²) in [4.78, 5) is 1.75. The van der Waals surface area contributed by atoms with Crippen molar-refractivity contribution in [2.24, 2.45) is 22.7 Å². The van der Waals surface area contributed by atoms with Gasteiger partial charge < -0.3 is 5.11 Å². The highest BCUT2D eigenvalue weighted by Crippen LogP contribution is 2.66. The van der Waals surface area contributed by atoms with Gasteiger partial charge in [0.05, 0.1) is 23.9 Å². The standard InChI is InChI=1S/C21H35F4N3O3S/c1-13-11-27(6-7-28(13)18-16(22)8-15(10-26-18)21(23,24)25)32(30,31)12-20-5-4-14(9-17(20)29)19(20,2)3/h13-18,26,29H,4-12H2,1-3H3/t13-,14?,15?,16?,17?,18?,20?/m0/s1. The summed E-state index contributed by atoms with van der Waals surface area (Å²) in [6.07, 6.45) is -5.92. The largest absolute Gasteiger partial charge is 0.393 e. The Morgan fingerprint density at radius 3 is 2.38 bits per heavy atom. The molecule has 32 heavy (non-hydrogen) atoms. The molecule has 0 aromatic rings. The highest BCUT2D eigenvalue weighted by molar-refractivity contribution is 7.89. The van der Waals surface area contributed by atoms with Gasteiger partial charge in [0.1, 0.15) is 6.17 Å². The number of halogens is 4. The van der Waals surface area contributed by atoms with Crippen molar-refractivity contribution in [2.45, 2.75) is 77.1 Å². The molecule has 2 saturated carbocycles. The van der Waals surface area contributed by atoms with Gasteiger partial charge in [-0.3, -0.25) is 10.2 Å². The zero-order chi connectivity index (χ0) is 23.7. The van der Waals surface area contributed by atoms with E-state index in [2.05, 4.69) is 19.2 Å². The summed E-state index contributed by atoms with van der Waals surface area (Å²) in [5.74, 6) is -1.48. The minimum atomic E-state index is -4.43. The SMILES string of the molecule is C[C@H]1CN(S(=O)(=O)CC23CCC(CC2O)C3(C)C)CCN1C1NCC(C(F)(F)F)CC1F. The predicted octanol–water partition coefficient (Wildman–Crippen LogP) is 2.35. The zero-order valence-corrected chi connectivity index (χ0v) is 19.7. The van der Waals surface area contributed by atoms with E-state index >= 15 is 0 Å². The molecule has 2 aliphatic heterocycles. The molecule has 11 heteroatoms. The summed E-state index contributed by atoms with van der Waals surface area (Å²) in [7, 11) is -3.66. The first-order valence-electron chi connectivity index (χ1n) is 11.5. The maximum atomic E-state index is 14.7. The minimum absolute atomic E-state index is 0.0991. The van der Waals surface area contributed by atoms with Crippen molar-refractivity contribution in [3.05, 3.63) is 0 Å². The highest BCUT2D eigenvalue weighted by Gasteiger charge is 2.65. The quantitative estimate of drug-likeness (QED) is 0.599. The van der Waals surface area contributed by atoms with Crippen molar-refractivity contribution >= 4 is 10.0 Å². The summed E-state index contributed by atoms with van der Waals surface area (Å²) < 4.78 is 81.7. The maximum absolute atomic E-state index is 14.7. The van der Waals surface area contributed by atoms with Crippen molar-refractivity contribution in [1.29, 1.82) is 0 Å². The summed E-state index contributed by atoms with van der Waals surface area (Å²) in [6.45, 7) is 6.13. The Kier molecular flexibility index (Phi) is 6.18. The fraction of sp³-hybridized carbons (Fsp3) is 1.00. The van der Waals surface area contributed by atoms with Crippen LogP contribution in [0.25, 0.3) is 0 Å². The van der Waals surface area contributed by atoms with Gasteiger partial charge in [-0.15, -0.1) is 0 Å². The van der Waals surface area contributed by atoms with E-state index < -0.39 is 52.4 Å². The Balaban J connectivity index is 1.41. The number of piperazine rings is 1. The van der Waals surface area contributed by atoms with Crippen LogP contribution in [-0.4, -0.2) is 85.3 Å². The first-order chi connectivity index (χ1) is 14.7. The third kappa shape index (κ3) is 3.89. The van der Waals surface area contributed by atoms with E-state index in [1.807, 2.05) is 0 Å². The van der Waals surface area contributed by atoms with Gasteiger partial charge in [-0.2, -0.15) is 17.5 Å². The lowest BCUT2D eigenvalue weighted by atomic mass is 9.70. The number of hydrogen-bond donors (Lipinski definition) is 2. The van der Waals surface area contributed by atoms with Gasteiger partial charge in [-0.05, 0) is 43.9 Å².